The SMILES string of the molecule is Cc1[nH]c2c(N3CCc4ccccc4C3)nc(CN)cc2c1C.Cl. The van der Waals surface area contributed by atoms with Gasteiger partial charge in [0.1, 0.15) is 0 Å². The van der Waals surface area contributed by atoms with E-state index in [1.807, 2.05) is 0 Å². The molecular formula is C19H23ClN4. The fraction of sp³-hybridized carbons (Fsp3) is 0.316. The lowest BCUT2D eigenvalue weighted by Gasteiger charge is -2.30. The molecule has 1 aliphatic rings. The Morgan fingerprint density at radius 1 is 1.21 bits per heavy atom. The fourth-order valence-corrected chi connectivity index (χ4v) is 3.50. The Morgan fingerprint density at radius 2 is 1.96 bits per heavy atom. The Labute approximate surface area is 148 Å². The number of H-pyrrole nitrogens is 1. The van der Waals surface area contributed by atoms with E-state index in [1.54, 1.807) is 0 Å². The van der Waals surface area contributed by atoms with Crippen LogP contribution >= 0.6 is 12.4 Å². The molecule has 1 aliphatic heterocycles. The second-order valence-electron chi connectivity index (χ2n) is 6.38. The fourth-order valence-electron chi connectivity index (χ4n) is 3.50. The number of aryl methyl sites for hydroxylation is 2. The van der Waals surface area contributed by atoms with Crippen molar-refractivity contribution in [3.63, 3.8) is 0 Å². The van der Waals surface area contributed by atoms with Crippen molar-refractivity contribution in [3.8, 4) is 0 Å². The lowest BCUT2D eigenvalue weighted by Crippen LogP contribution is -2.31. The standard InChI is InChI=1S/C19H22N4.ClH/c1-12-13(2)21-18-17(12)9-16(10-20)22-19(18)23-8-7-14-5-3-4-6-15(14)11-23;/h3-6,9,21H,7-8,10-11,20H2,1-2H3;1H. The van der Waals surface area contributed by atoms with Gasteiger partial charge in [0.2, 0.25) is 0 Å². The zero-order valence-corrected chi connectivity index (χ0v) is 14.9. The number of hydrogen-bond acceptors (Lipinski definition) is 3. The molecule has 24 heavy (non-hydrogen) atoms. The summed E-state index contributed by atoms with van der Waals surface area (Å²) >= 11 is 0. The van der Waals surface area contributed by atoms with Crippen molar-refractivity contribution in [1.29, 1.82) is 0 Å². The van der Waals surface area contributed by atoms with Crippen LogP contribution in [-0.2, 0) is 19.5 Å². The van der Waals surface area contributed by atoms with Crippen molar-refractivity contribution in [2.24, 2.45) is 5.73 Å². The summed E-state index contributed by atoms with van der Waals surface area (Å²) in [6.45, 7) is 6.64. The van der Waals surface area contributed by atoms with Crippen LogP contribution in [0, 0.1) is 13.8 Å². The van der Waals surface area contributed by atoms with Crippen LogP contribution in [-0.4, -0.2) is 16.5 Å². The number of hydrogen-bond donors (Lipinski definition) is 2. The van der Waals surface area contributed by atoms with Crippen molar-refractivity contribution in [3.05, 3.63) is 58.4 Å². The molecule has 0 saturated carbocycles. The van der Waals surface area contributed by atoms with Gasteiger partial charge < -0.3 is 15.6 Å². The first-order chi connectivity index (χ1) is 11.2. The van der Waals surface area contributed by atoms with Crippen LogP contribution in [0.4, 0.5) is 5.82 Å². The van der Waals surface area contributed by atoms with E-state index >= 15 is 0 Å². The molecule has 2 aromatic heterocycles. The Hall–Kier alpha value is -2.04. The average Bonchev–Trinajstić information content (AvgIpc) is 2.88. The largest absolute Gasteiger partial charge is 0.355 e. The highest BCUT2D eigenvalue weighted by Gasteiger charge is 2.21. The summed E-state index contributed by atoms with van der Waals surface area (Å²) in [5.74, 6) is 1.04. The molecule has 4 rings (SSSR count). The van der Waals surface area contributed by atoms with E-state index in [0.717, 1.165) is 36.5 Å². The predicted octanol–water partition coefficient (Wildman–Crippen LogP) is 3.62. The average molecular weight is 343 g/mol. The van der Waals surface area contributed by atoms with E-state index < -0.39 is 0 Å². The lowest BCUT2D eigenvalue weighted by molar-refractivity contribution is 0.720. The van der Waals surface area contributed by atoms with Gasteiger partial charge in [-0.25, -0.2) is 4.98 Å². The first-order valence-electron chi connectivity index (χ1n) is 8.18. The molecule has 3 aromatic rings. The van der Waals surface area contributed by atoms with Crippen LogP contribution in [0.15, 0.2) is 30.3 Å². The molecule has 0 fully saturated rings. The Bertz CT molecular complexity index is 884. The van der Waals surface area contributed by atoms with Crippen LogP contribution in [0.1, 0.15) is 28.1 Å². The smallest absolute Gasteiger partial charge is 0.153 e. The highest BCUT2D eigenvalue weighted by molar-refractivity contribution is 5.93. The third-order valence-electron chi connectivity index (χ3n) is 4.97. The molecule has 1 aromatic carbocycles. The van der Waals surface area contributed by atoms with Gasteiger partial charge in [0, 0.05) is 30.7 Å². The van der Waals surface area contributed by atoms with Crippen LogP contribution in [0.3, 0.4) is 0 Å². The first kappa shape index (κ1) is 16.8. The van der Waals surface area contributed by atoms with Gasteiger partial charge in [0.05, 0.1) is 11.2 Å². The highest BCUT2D eigenvalue weighted by Crippen LogP contribution is 2.32. The predicted molar refractivity (Wildman–Crippen MR) is 102 cm³/mol. The number of nitrogens with two attached hydrogens (primary N) is 1. The molecule has 0 atom stereocenters. The van der Waals surface area contributed by atoms with Crippen molar-refractivity contribution >= 4 is 29.1 Å². The summed E-state index contributed by atoms with van der Waals surface area (Å²) in [5, 5.41) is 1.24. The molecule has 3 heterocycles. The van der Waals surface area contributed by atoms with E-state index in [4.69, 9.17) is 10.7 Å². The zero-order chi connectivity index (χ0) is 16.0. The molecule has 0 spiro atoms. The van der Waals surface area contributed by atoms with E-state index in [-0.39, 0.29) is 12.4 Å². The number of nitrogens with zero attached hydrogens (tertiary/aromatic N) is 2. The second-order valence-corrected chi connectivity index (χ2v) is 6.38. The molecule has 4 nitrogen and oxygen atoms in total. The quantitative estimate of drug-likeness (QED) is 0.747. The van der Waals surface area contributed by atoms with E-state index in [2.05, 4.69) is 54.1 Å². The molecular weight excluding hydrogens is 320 g/mol. The number of nitrogens with one attached hydrogen (secondary N) is 1. The molecule has 0 unspecified atom stereocenters. The van der Waals surface area contributed by atoms with E-state index in [9.17, 15) is 0 Å². The number of benzene rings is 1. The Balaban J connectivity index is 0.00000169. The van der Waals surface area contributed by atoms with Gasteiger partial charge >= 0.3 is 0 Å². The topological polar surface area (TPSA) is 57.9 Å². The maximum Gasteiger partial charge on any atom is 0.153 e. The summed E-state index contributed by atoms with van der Waals surface area (Å²) in [4.78, 5) is 10.7. The normalized spacial score (nSPS) is 13.7. The third kappa shape index (κ3) is 2.66. The van der Waals surface area contributed by atoms with Gasteiger partial charge in [0.15, 0.2) is 5.82 Å². The minimum absolute atomic E-state index is 0. The molecule has 0 amide bonds. The van der Waals surface area contributed by atoms with Crippen LogP contribution < -0.4 is 10.6 Å². The van der Waals surface area contributed by atoms with E-state index in [1.165, 1.54) is 27.8 Å². The van der Waals surface area contributed by atoms with Crippen molar-refractivity contribution in [2.45, 2.75) is 33.4 Å². The number of halogens is 1. The third-order valence-corrected chi connectivity index (χ3v) is 4.97. The van der Waals surface area contributed by atoms with Gasteiger partial charge in [-0.1, -0.05) is 24.3 Å². The molecule has 0 aliphatic carbocycles. The molecule has 0 radical (unpaired) electrons. The van der Waals surface area contributed by atoms with Gasteiger partial charge in [-0.3, -0.25) is 0 Å². The number of aromatic amines is 1. The van der Waals surface area contributed by atoms with Gasteiger partial charge in [0.25, 0.3) is 0 Å². The lowest BCUT2D eigenvalue weighted by atomic mass is 10.00. The maximum absolute atomic E-state index is 5.88. The maximum atomic E-state index is 5.88. The molecule has 126 valence electrons. The zero-order valence-electron chi connectivity index (χ0n) is 14.1. The Kier molecular flexibility index (Phi) is 4.52. The van der Waals surface area contributed by atoms with Crippen LogP contribution in [0.2, 0.25) is 0 Å². The minimum atomic E-state index is 0. The second kappa shape index (κ2) is 6.46. The monoisotopic (exact) mass is 342 g/mol. The summed E-state index contributed by atoms with van der Waals surface area (Å²) < 4.78 is 0. The van der Waals surface area contributed by atoms with Crippen molar-refractivity contribution < 1.29 is 0 Å². The number of rotatable bonds is 2. The van der Waals surface area contributed by atoms with E-state index in [0.29, 0.717) is 6.54 Å². The van der Waals surface area contributed by atoms with Crippen LogP contribution in [0.25, 0.3) is 10.9 Å². The molecule has 0 bridgehead atoms. The summed E-state index contributed by atoms with van der Waals surface area (Å²) in [6.07, 6.45) is 1.06. The number of fused-ring (bicyclic) bond motifs is 2. The van der Waals surface area contributed by atoms with Crippen LogP contribution in [0.5, 0.6) is 0 Å². The summed E-state index contributed by atoms with van der Waals surface area (Å²) in [7, 11) is 0. The summed E-state index contributed by atoms with van der Waals surface area (Å²) in [5.41, 5.74) is 13.3. The van der Waals surface area contributed by atoms with Crippen molar-refractivity contribution in [1.82, 2.24) is 9.97 Å². The highest BCUT2D eigenvalue weighted by atomic mass is 35.5. The number of aromatic nitrogens is 2. The number of pyridine rings is 1. The number of anilines is 1. The Morgan fingerprint density at radius 3 is 2.71 bits per heavy atom. The van der Waals surface area contributed by atoms with Crippen molar-refractivity contribution in [2.75, 3.05) is 11.4 Å². The molecule has 5 heteroatoms. The minimum Gasteiger partial charge on any atom is -0.355 e. The molecule has 3 N–H and O–H groups in total. The summed E-state index contributed by atoms with van der Waals surface area (Å²) in [6, 6.07) is 10.8. The first-order valence-corrected chi connectivity index (χ1v) is 8.18. The van der Waals surface area contributed by atoms with Gasteiger partial charge in [-0.15, -0.1) is 12.4 Å². The molecule has 0 saturated heterocycles. The van der Waals surface area contributed by atoms with Gasteiger partial charge in [-0.2, -0.15) is 0 Å². The van der Waals surface area contributed by atoms with Gasteiger partial charge in [-0.05, 0) is 43.0 Å².